The maximum Gasteiger partial charge on any atom is 0.125 e. The van der Waals surface area contributed by atoms with Crippen molar-refractivity contribution >= 4 is 11.6 Å². The quantitative estimate of drug-likeness (QED) is 0.890. The minimum absolute atomic E-state index is 0.155. The first kappa shape index (κ1) is 14.9. The molecule has 20 heavy (non-hydrogen) atoms. The first-order valence-corrected chi connectivity index (χ1v) is 7.07. The van der Waals surface area contributed by atoms with Crippen LogP contribution in [0.3, 0.4) is 0 Å². The molecule has 108 valence electrons. The SMILES string of the molecule is CCNC(Cc1ccn(C)n1)c1ccc(Cl)cc1OC. The summed E-state index contributed by atoms with van der Waals surface area (Å²) in [6.07, 6.45) is 2.77. The Hall–Kier alpha value is -1.52. The summed E-state index contributed by atoms with van der Waals surface area (Å²) in [5.41, 5.74) is 2.15. The van der Waals surface area contributed by atoms with E-state index in [-0.39, 0.29) is 6.04 Å². The van der Waals surface area contributed by atoms with Gasteiger partial charge in [-0.15, -0.1) is 0 Å². The zero-order valence-electron chi connectivity index (χ0n) is 12.1. The van der Waals surface area contributed by atoms with Crippen LogP contribution < -0.4 is 10.1 Å². The summed E-state index contributed by atoms with van der Waals surface area (Å²) in [6.45, 7) is 2.97. The number of ether oxygens (including phenoxy) is 1. The summed E-state index contributed by atoms with van der Waals surface area (Å²) >= 11 is 6.02. The number of aromatic nitrogens is 2. The molecular weight excluding hydrogens is 274 g/mol. The highest BCUT2D eigenvalue weighted by molar-refractivity contribution is 6.30. The Morgan fingerprint density at radius 1 is 1.40 bits per heavy atom. The fourth-order valence-corrected chi connectivity index (χ4v) is 2.45. The second kappa shape index (κ2) is 6.77. The molecule has 1 aromatic carbocycles. The third kappa shape index (κ3) is 3.52. The summed E-state index contributed by atoms with van der Waals surface area (Å²) in [5, 5.41) is 8.60. The van der Waals surface area contributed by atoms with Gasteiger partial charge in [0.1, 0.15) is 5.75 Å². The molecule has 0 spiro atoms. The van der Waals surface area contributed by atoms with Crippen LogP contribution in [0, 0.1) is 0 Å². The second-order valence-corrected chi connectivity index (χ2v) is 5.12. The average Bonchev–Trinajstić information content (AvgIpc) is 2.83. The van der Waals surface area contributed by atoms with Crippen molar-refractivity contribution in [2.45, 2.75) is 19.4 Å². The Morgan fingerprint density at radius 2 is 2.20 bits per heavy atom. The third-order valence-corrected chi connectivity index (χ3v) is 3.44. The van der Waals surface area contributed by atoms with E-state index < -0.39 is 0 Å². The highest BCUT2D eigenvalue weighted by Crippen LogP contribution is 2.30. The largest absolute Gasteiger partial charge is 0.496 e. The molecule has 1 aromatic heterocycles. The third-order valence-electron chi connectivity index (χ3n) is 3.20. The Labute approximate surface area is 124 Å². The second-order valence-electron chi connectivity index (χ2n) is 4.68. The number of hydrogen-bond acceptors (Lipinski definition) is 3. The molecule has 0 saturated carbocycles. The summed E-state index contributed by atoms with van der Waals surface area (Å²) in [5.74, 6) is 0.805. The van der Waals surface area contributed by atoms with E-state index in [0.29, 0.717) is 5.02 Å². The van der Waals surface area contributed by atoms with E-state index in [2.05, 4.69) is 17.3 Å². The number of nitrogens with zero attached hydrogens (tertiary/aromatic N) is 2. The van der Waals surface area contributed by atoms with Crippen LogP contribution in [-0.4, -0.2) is 23.4 Å². The van der Waals surface area contributed by atoms with E-state index >= 15 is 0 Å². The molecule has 0 radical (unpaired) electrons. The Bertz CT molecular complexity index is 568. The van der Waals surface area contributed by atoms with Crippen molar-refractivity contribution in [1.29, 1.82) is 0 Å². The molecule has 0 aliphatic rings. The number of likely N-dealkylation sites (N-methyl/N-ethyl adjacent to an activating group) is 1. The number of benzene rings is 1. The topological polar surface area (TPSA) is 39.1 Å². The normalized spacial score (nSPS) is 12.4. The van der Waals surface area contributed by atoms with Gasteiger partial charge >= 0.3 is 0 Å². The number of aryl methyl sites for hydroxylation is 1. The van der Waals surface area contributed by atoms with Crippen LogP contribution in [0.4, 0.5) is 0 Å². The molecule has 1 atom stereocenters. The van der Waals surface area contributed by atoms with Gasteiger partial charge in [0, 0.05) is 36.3 Å². The lowest BCUT2D eigenvalue weighted by Gasteiger charge is -2.20. The minimum atomic E-state index is 0.155. The molecule has 5 heteroatoms. The lowest BCUT2D eigenvalue weighted by atomic mass is 10.0. The van der Waals surface area contributed by atoms with Gasteiger partial charge in [-0.25, -0.2) is 0 Å². The average molecular weight is 294 g/mol. The van der Waals surface area contributed by atoms with E-state index in [1.165, 1.54) is 0 Å². The zero-order valence-corrected chi connectivity index (χ0v) is 12.8. The fraction of sp³-hybridized carbons (Fsp3) is 0.400. The van der Waals surface area contributed by atoms with Crippen molar-refractivity contribution in [1.82, 2.24) is 15.1 Å². The van der Waals surface area contributed by atoms with Gasteiger partial charge in [0.15, 0.2) is 0 Å². The van der Waals surface area contributed by atoms with Gasteiger partial charge in [0.05, 0.1) is 12.8 Å². The van der Waals surface area contributed by atoms with Crippen LogP contribution in [-0.2, 0) is 13.5 Å². The van der Waals surface area contributed by atoms with Crippen molar-refractivity contribution in [2.75, 3.05) is 13.7 Å². The van der Waals surface area contributed by atoms with Crippen LogP contribution in [0.5, 0.6) is 5.75 Å². The maximum atomic E-state index is 6.02. The van der Waals surface area contributed by atoms with Crippen LogP contribution in [0.2, 0.25) is 5.02 Å². The van der Waals surface area contributed by atoms with Crippen molar-refractivity contribution in [3.05, 3.63) is 46.7 Å². The molecule has 0 aliphatic carbocycles. The zero-order chi connectivity index (χ0) is 14.5. The summed E-state index contributed by atoms with van der Waals surface area (Å²) in [7, 11) is 3.59. The molecule has 0 fully saturated rings. The molecule has 0 aliphatic heterocycles. The Balaban J connectivity index is 2.28. The molecule has 2 rings (SSSR count). The van der Waals surface area contributed by atoms with Crippen molar-refractivity contribution < 1.29 is 4.74 Å². The molecule has 4 nitrogen and oxygen atoms in total. The van der Waals surface area contributed by atoms with Gasteiger partial charge in [-0.2, -0.15) is 5.10 Å². The number of hydrogen-bond donors (Lipinski definition) is 1. The van der Waals surface area contributed by atoms with Gasteiger partial charge in [-0.1, -0.05) is 24.6 Å². The van der Waals surface area contributed by atoms with Crippen molar-refractivity contribution in [2.24, 2.45) is 7.05 Å². The van der Waals surface area contributed by atoms with E-state index in [1.807, 2.05) is 42.2 Å². The van der Waals surface area contributed by atoms with Gasteiger partial charge in [0.2, 0.25) is 0 Å². The van der Waals surface area contributed by atoms with Crippen LogP contribution >= 0.6 is 11.6 Å². The molecule has 0 saturated heterocycles. The minimum Gasteiger partial charge on any atom is -0.496 e. The van der Waals surface area contributed by atoms with Gasteiger partial charge in [-0.05, 0) is 24.7 Å². The highest BCUT2D eigenvalue weighted by atomic mass is 35.5. The lowest BCUT2D eigenvalue weighted by Crippen LogP contribution is -2.23. The lowest BCUT2D eigenvalue weighted by molar-refractivity contribution is 0.398. The number of rotatable bonds is 6. The van der Waals surface area contributed by atoms with Gasteiger partial charge in [0.25, 0.3) is 0 Å². The predicted molar refractivity (Wildman–Crippen MR) is 81.3 cm³/mol. The Kier molecular flexibility index (Phi) is 5.04. The van der Waals surface area contributed by atoms with E-state index in [9.17, 15) is 0 Å². The monoisotopic (exact) mass is 293 g/mol. The predicted octanol–water partition coefficient (Wildman–Crippen LogP) is 2.98. The molecule has 0 amide bonds. The van der Waals surface area contributed by atoms with Crippen LogP contribution in [0.1, 0.15) is 24.2 Å². The van der Waals surface area contributed by atoms with Crippen LogP contribution in [0.15, 0.2) is 30.5 Å². The molecular formula is C15H20ClN3O. The van der Waals surface area contributed by atoms with Crippen molar-refractivity contribution in [3.63, 3.8) is 0 Å². The first-order chi connectivity index (χ1) is 9.63. The fourth-order valence-electron chi connectivity index (χ4n) is 2.29. The smallest absolute Gasteiger partial charge is 0.125 e. The number of halogens is 1. The van der Waals surface area contributed by atoms with E-state index in [1.54, 1.807) is 7.11 Å². The number of methoxy groups -OCH3 is 1. The maximum absolute atomic E-state index is 6.02. The molecule has 0 bridgehead atoms. The van der Waals surface area contributed by atoms with E-state index in [4.69, 9.17) is 16.3 Å². The molecule has 1 heterocycles. The summed E-state index contributed by atoms with van der Waals surface area (Å²) in [4.78, 5) is 0. The van der Waals surface area contributed by atoms with E-state index in [0.717, 1.165) is 30.0 Å². The summed E-state index contributed by atoms with van der Waals surface area (Å²) in [6, 6.07) is 7.94. The first-order valence-electron chi connectivity index (χ1n) is 6.69. The highest BCUT2D eigenvalue weighted by Gasteiger charge is 2.17. The standard InChI is InChI=1S/C15H20ClN3O/c1-4-17-14(10-12-7-8-19(2)18-12)13-6-5-11(16)9-15(13)20-3/h5-9,14,17H,4,10H2,1-3H3. The van der Waals surface area contributed by atoms with Gasteiger partial charge < -0.3 is 10.1 Å². The van der Waals surface area contributed by atoms with Crippen LogP contribution in [0.25, 0.3) is 0 Å². The van der Waals surface area contributed by atoms with Crippen molar-refractivity contribution in [3.8, 4) is 5.75 Å². The van der Waals surface area contributed by atoms with Gasteiger partial charge in [-0.3, -0.25) is 4.68 Å². The number of nitrogens with one attached hydrogen (secondary N) is 1. The molecule has 2 aromatic rings. The summed E-state index contributed by atoms with van der Waals surface area (Å²) < 4.78 is 7.26. The molecule has 1 unspecified atom stereocenters. The Morgan fingerprint density at radius 3 is 2.80 bits per heavy atom. The molecule has 1 N–H and O–H groups in total.